The first-order valence-corrected chi connectivity index (χ1v) is 7.46. The smallest absolute Gasteiger partial charge is 0.119 e. The van der Waals surface area contributed by atoms with Crippen LogP contribution in [0.3, 0.4) is 0 Å². The van der Waals surface area contributed by atoms with Gasteiger partial charge >= 0.3 is 0 Å². The number of anilines is 1. The van der Waals surface area contributed by atoms with Crippen LogP contribution in [0.5, 0.6) is 5.75 Å². The Balaban J connectivity index is 1.76. The summed E-state index contributed by atoms with van der Waals surface area (Å²) in [6, 6.07) is 16.5. The van der Waals surface area contributed by atoms with Crippen molar-refractivity contribution in [3.8, 4) is 5.75 Å². The molecule has 0 radical (unpaired) electrons. The quantitative estimate of drug-likeness (QED) is 0.702. The number of hydrogen-bond acceptors (Lipinski definition) is 3. The van der Waals surface area contributed by atoms with Crippen molar-refractivity contribution in [3.05, 3.63) is 64.9 Å². The van der Waals surface area contributed by atoms with Crippen molar-refractivity contribution in [1.82, 2.24) is 4.98 Å². The Morgan fingerprint density at radius 3 is 2.62 bits per heavy atom. The van der Waals surface area contributed by atoms with Gasteiger partial charge in [-0.2, -0.15) is 0 Å². The van der Waals surface area contributed by atoms with E-state index in [0.29, 0.717) is 0 Å². The highest BCUT2D eigenvalue weighted by Gasteiger charge is 2.00. The molecule has 4 heteroatoms. The second kappa shape index (κ2) is 6.14. The van der Waals surface area contributed by atoms with Crippen LogP contribution < -0.4 is 10.1 Å². The Bertz CT molecular complexity index is 756. The third kappa shape index (κ3) is 3.34. The zero-order chi connectivity index (χ0) is 14.7. The molecule has 21 heavy (non-hydrogen) atoms. The number of rotatable bonds is 4. The first-order chi connectivity index (χ1) is 10.2. The predicted octanol–water partition coefficient (Wildman–Crippen LogP) is 4.62. The summed E-state index contributed by atoms with van der Waals surface area (Å²) in [6.07, 6.45) is 1.82. The van der Waals surface area contributed by atoms with Gasteiger partial charge in [-0.3, -0.25) is 0 Å². The molecular weight excluding hydrogens is 328 g/mol. The number of aromatic nitrogens is 1. The molecule has 0 saturated carbocycles. The summed E-state index contributed by atoms with van der Waals surface area (Å²) in [7, 11) is 1.69. The molecule has 2 aromatic carbocycles. The van der Waals surface area contributed by atoms with Crippen molar-refractivity contribution in [2.24, 2.45) is 0 Å². The number of hydrogen-bond donors (Lipinski definition) is 1. The lowest BCUT2D eigenvalue weighted by molar-refractivity contribution is 0.415. The minimum atomic E-state index is 0.769. The van der Waals surface area contributed by atoms with Crippen LogP contribution in [0.15, 0.2) is 59.3 Å². The number of fused-ring (bicyclic) bond motifs is 1. The van der Waals surface area contributed by atoms with Crippen LogP contribution in [0.2, 0.25) is 0 Å². The van der Waals surface area contributed by atoms with E-state index in [2.05, 4.69) is 50.5 Å². The van der Waals surface area contributed by atoms with Gasteiger partial charge < -0.3 is 10.1 Å². The normalized spacial score (nSPS) is 10.6. The van der Waals surface area contributed by atoms with Gasteiger partial charge in [-0.1, -0.05) is 18.2 Å². The van der Waals surface area contributed by atoms with Gasteiger partial charge in [0, 0.05) is 6.54 Å². The van der Waals surface area contributed by atoms with Gasteiger partial charge in [0.25, 0.3) is 0 Å². The lowest BCUT2D eigenvalue weighted by Gasteiger charge is -2.08. The Labute approximate surface area is 132 Å². The van der Waals surface area contributed by atoms with Gasteiger partial charge in [0.2, 0.25) is 0 Å². The summed E-state index contributed by atoms with van der Waals surface area (Å²) in [5.41, 5.74) is 2.24. The number of benzene rings is 2. The van der Waals surface area contributed by atoms with Gasteiger partial charge in [0.05, 0.1) is 19.0 Å². The zero-order valence-electron chi connectivity index (χ0n) is 11.6. The summed E-state index contributed by atoms with van der Waals surface area (Å²) < 4.78 is 6.08. The second-order valence-electron chi connectivity index (χ2n) is 4.77. The summed E-state index contributed by atoms with van der Waals surface area (Å²) in [4.78, 5) is 4.20. The molecule has 3 rings (SSSR count). The lowest BCUT2D eigenvalue weighted by Crippen LogP contribution is -1.99. The van der Waals surface area contributed by atoms with Crippen LogP contribution in [0.4, 0.5) is 5.69 Å². The molecule has 106 valence electrons. The van der Waals surface area contributed by atoms with E-state index in [0.717, 1.165) is 22.6 Å². The molecule has 1 aromatic heterocycles. The number of ether oxygens (including phenoxy) is 1. The Morgan fingerprint density at radius 1 is 1.05 bits per heavy atom. The fraction of sp³-hybridized carbons (Fsp3) is 0.118. The van der Waals surface area contributed by atoms with Gasteiger partial charge in [-0.05, 0) is 62.6 Å². The van der Waals surface area contributed by atoms with E-state index in [-0.39, 0.29) is 0 Å². The molecule has 0 aliphatic rings. The maximum atomic E-state index is 5.24. The van der Waals surface area contributed by atoms with Crippen LogP contribution >= 0.6 is 15.9 Å². The fourth-order valence-corrected chi connectivity index (χ4v) is 2.43. The summed E-state index contributed by atoms with van der Waals surface area (Å²) in [5.74, 6) is 0.884. The molecule has 0 atom stereocenters. The third-order valence-electron chi connectivity index (χ3n) is 3.34. The van der Waals surface area contributed by atoms with Crippen molar-refractivity contribution in [3.63, 3.8) is 0 Å². The van der Waals surface area contributed by atoms with E-state index in [9.17, 15) is 0 Å². The molecule has 3 aromatic rings. The molecule has 1 heterocycles. The highest BCUT2D eigenvalue weighted by Crippen LogP contribution is 2.22. The number of halogens is 1. The Hall–Kier alpha value is -2.07. The fourth-order valence-electron chi connectivity index (χ4n) is 2.19. The van der Waals surface area contributed by atoms with Gasteiger partial charge in [-0.15, -0.1) is 0 Å². The molecule has 0 aliphatic carbocycles. The van der Waals surface area contributed by atoms with Crippen LogP contribution in [0, 0.1) is 0 Å². The predicted molar refractivity (Wildman–Crippen MR) is 89.8 cm³/mol. The van der Waals surface area contributed by atoms with E-state index in [4.69, 9.17) is 4.74 Å². The number of nitrogens with zero attached hydrogens (tertiary/aromatic N) is 1. The average molecular weight is 343 g/mol. The number of pyridine rings is 1. The lowest BCUT2D eigenvalue weighted by atomic mass is 10.1. The van der Waals surface area contributed by atoms with Crippen molar-refractivity contribution in [1.29, 1.82) is 0 Å². The monoisotopic (exact) mass is 342 g/mol. The van der Waals surface area contributed by atoms with Gasteiger partial charge in [0.1, 0.15) is 10.4 Å². The summed E-state index contributed by atoms with van der Waals surface area (Å²) >= 11 is 3.33. The molecule has 0 unspecified atom stereocenters. The SMILES string of the molecule is COc1ccc2cc(CNc3ccc(Br)nc3)ccc2c1. The minimum Gasteiger partial charge on any atom is -0.497 e. The number of nitrogens with one attached hydrogen (secondary N) is 1. The van der Waals surface area contributed by atoms with Crippen LogP contribution in [-0.2, 0) is 6.54 Å². The first-order valence-electron chi connectivity index (χ1n) is 6.67. The molecule has 0 bridgehead atoms. The standard InChI is InChI=1S/C17H15BrN2O/c1-21-16-6-4-13-8-12(2-3-14(13)9-16)10-19-15-5-7-17(18)20-11-15/h2-9,11,19H,10H2,1H3. The van der Waals surface area contributed by atoms with E-state index in [1.807, 2.05) is 30.5 Å². The molecule has 0 saturated heterocycles. The van der Waals surface area contributed by atoms with Crippen molar-refractivity contribution in [2.75, 3.05) is 12.4 Å². The highest BCUT2D eigenvalue weighted by molar-refractivity contribution is 9.10. The maximum absolute atomic E-state index is 5.24. The van der Waals surface area contributed by atoms with Crippen molar-refractivity contribution in [2.45, 2.75) is 6.54 Å². The summed E-state index contributed by atoms with van der Waals surface area (Å²) in [6.45, 7) is 0.769. The molecule has 0 aliphatic heterocycles. The van der Waals surface area contributed by atoms with E-state index in [1.165, 1.54) is 16.3 Å². The maximum Gasteiger partial charge on any atom is 0.119 e. The summed E-state index contributed by atoms with van der Waals surface area (Å²) in [5, 5.41) is 5.76. The topological polar surface area (TPSA) is 34.1 Å². The average Bonchev–Trinajstić information content (AvgIpc) is 2.53. The zero-order valence-corrected chi connectivity index (χ0v) is 13.2. The Kier molecular flexibility index (Phi) is 4.06. The largest absolute Gasteiger partial charge is 0.497 e. The first kappa shape index (κ1) is 13.9. The van der Waals surface area contributed by atoms with E-state index in [1.54, 1.807) is 7.11 Å². The van der Waals surface area contributed by atoms with Gasteiger partial charge in [0.15, 0.2) is 0 Å². The van der Waals surface area contributed by atoms with E-state index < -0.39 is 0 Å². The molecule has 0 spiro atoms. The molecule has 3 nitrogen and oxygen atoms in total. The molecule has 0 amide bonds. The van der Waals surface area contributed by atoms with Crippen molar-refractivity contribution >= 4 is 32.4 Å². The Morgan fingerprint density at radius 2 is 1.86 bits per heavy atom. The van der Waals surface area contributed by atoms with Crippen LogP contribution in [0.1, 0.15) is 5.56 Å². The minimum absolute atomic E-state index is 0.769. The molecule has 1 N–H and O–H groups in total. The van der Waals surface area contributed by atoms with E-state index >= 15 is 0 Å². The van der Waals surface area contributed by atoms with Gasteiger partial charge in [-0.25, -0.2) is 4.98 Å². The third-order valence-corrected chi connectivity index (χ3v) is 3.80. The van der Waals surface area contributed by atoms with Crippen LogP contribution in [-0.4, -0.2) is 12.1 Å². The second-order valence-corrected chi connectivity index (χ2v) is 5.58. The van der Waals surface area contributed by atoms with Crippen molar-refractivity contribution < 1.29 is 4.74 Å². The van der Waals surface area contributed by atoms with Crippen LogP contribution in [0.25, 0.3) is 10.8 Å². The highest BCUT2D eigenvalue weighted by atomic mass is 79.9. The molecule has 0 fully saturated rings. The molecular formula is C17H15BrN2O. The number of methoxy groups -OCH3 is 1.